The Balaban J connectivity index is 1.53. The summed E-state index contributed by atoms with van der Waals surface area (Å²) in [5.41, 5.74) is 0. The fourth-order valence-corrected chi connectivity index (χ4v) is 6.27. The third-order valence-corrected chi connectivity index (χ3v) is 9.61. The minimum Gasteiger partial charge on any atom is -0.299 e. The molecule has 13 heteroatoms. The van der Waals surface area contributed by atoms with Crippen LogP contribution in [0, 0.1) is 0 Å². The molecule has 0 amide bonds. The van der Waals surface area contributed by atoms with Gasteiger partial charge in [0.1, 0.15) is 0 Å². The maximum Gasteiger partial charge on any atom is 0.243 e. The highest BCUT2D eigenvalue weighted by Crippen LogP contribution is 2.27. The number of nitrogens with one attached hydrogen (secondary N) is 1. The quantitative estimate of drug-likeness (QED) is 0.573. The number of hydrogen-bond acceptors (Lipinski definition) is 5. The average Bonchev–Trinajstić information content (AvgIpc) is 2.72. The first-order valence-electron chi connectivity index (χ1n) is 9.13. The Kier molecular flexibility index (Phi) is 8.16. The molecular formula is C18H19Cl4N3O4S2. The Labute approximate surface area is 201 Å². The van der Waals surface area contributed by atoms with Crippen LogP contribution < -0.4 is 4.72 Å². The van der Waals surface area contributed by atoms with Crippen LogP contribution in [0.1, 0.15) is 0 Å². The van der Waals surface area contributed by atoms with Crippen LogP contribution in [0.3, 0.4) is 0 Å². The number of nitrogens with zero attached hydrogens (tertiary/aromatic N) is 2. The van der Waals surface area contributed by atoms with E-state index in [0.29, 0.717) is 19.6 Å². The van der Waals surface area contributed by atoms with E-state index in [1.165, 1.54) is 40.7 Å². The fourth-order valence-electron chi connectivity index (χ4n) is 3.05. The van der Waals surface area contributed by atoms with Gasteiger partial charge in [0.25, 0.3) is 0 Å². The Hall–Kier alpha value is -0.620. The lowest BCUT2D eigenvalue weighted by atomic mass is 10.3. The second-order valence-corrected chi connectivity index (χ2v) is 12.1. The van der Waals surface area contributed by atoms with Crippen LogP contribution in [0.4, 0.5) is 0 Å². The van der Waals surface area contributed by atoms with Crippen molar-refractivity contribution in [2.24, 2.45) is 0 Å². The number of rotatable bonds is 7. The predicted molar refractivity (Wildman–Crippen MR) is 123 cm³/mol. The van der Waals surface area contributed by atoms with Gasteiger partial charge >= 0.3 is 0 Å². The van der Waals surface area contributed by atoms with Crippen molar-refractivity contribution in [1.29, 1.82) is 0 Å². The summed E-state index contributed by atoms with van der Waals surface area (Å²) in [7, 11) is -7.41. The van der Waals surface area contributed by atoms with Gasteiger partial charge in [-0.1, -0.05) is 46.4 Å². The highest BCUT2D eigenvalue weighted by atomic mass is 35.5. The van der Waals surface area contributed by atoms with E-state index >= 15 is 0 Å². The Bertz CT molecular complexity index is 1170. The largest absolute Gasteiger partial charge is 0.299 e. The summed E-state index contributed by atoms with van der Waals surface area (Å²) >= 11 is 23.5. The molecule has 0 atom stereocenters. The second kappa shape index (κ2) is 10.1. The van der Waals surface area contributed by atoms with Crippen molar-refractivity contribution in [1.82, 2.24) is 13.9 Å². The lowest BCUT2D eigenvalue weighted by Crippen LogP contribution is -2.50. The number of hydrogen-bond donors (Lipinski definition) is 1. The second-order valence-electron chi connectivity index (χ2n) is 6.80. The van der Waals surface area contributed by atoms with Crippen molar-refractivity contribution in [3.05, 3.63) is 56.5 Å². The molecule has 0 radical (unpaired) electrons. The predicted octanol–water partition coefficient (Wildman–Crippen LogP) is 3.59. The highest BCUT2D eigenvalue weighted by Gasteiger charge is 2.29. The van der Waals surface area contributed by atoms with Crippen LogP contribution in [-0.2, 0) is 20.0 Å². The molecule has 1 aliphatic rings. The molecule has 1 N–H and O–H groups in total. The standard InChI is InChI=1S/C18H19Cl4N3O4S2/c19-15-3-1-13(11-17(15)21)30(26,27)23-5-6-24-7-9-25(10-8-24)31(28,29)14-2-4-16(20)18(22)12-14/h1-4,11-12,23H,5-10H2. The van der Waals surface area contributed by atoms with Gasteiger partial charge in [-0.25, -0.2) is 21.6 Å². The lowest BCUT2D eigenvalue weighted by Gasteiger charge is -2.34. The Morgan fingerprint density at radius 1 is 0.742 bits per heavy atom. The van der Waals surface area contributed by atoms with E-state index in [1.54, 1.807) is 0 Å². The van der Waals surface area contributed by atoms with E-state index in [4.69, 9.17) is 46.4 Å². The molecular weight excluding hydrogens is 528 g/mol. The van der Waals surface area contributed by atoms with Gasteiger partial charge in [0.2, 0.25) is 20.0 Å². The topological polar surface area (TPSA) is 86.8 Å². The highest BCUT2D eigenvalue weighted by molar-refractivity contribution is 7.89. The minimum absolute atomic E-state index is 0.0273. The number of benzene rings is 2. The molecule has 170 valence electrons. The van der Waals surface area contributed by atoms with E-state index in [-0.39, 0.29) is 49.5 Å². The number of halogens is 4. The zero-order chi connectivity index (χ0) is 22.8. The van der Waals surface area contributed by atoms with Crippen LogP contribution in [0.15, 0.2) is 46.2 Å². The Morgan fingerprint density at radius 2 is 1.26 bits per heavy atom. The molecule has 3 rings (SSSR count). The van der Waals surface area contributed by atoms with Crippen molar-refractivity contribution in [2.45, 2.75) is 9.79 Å². The van der Waals surface area contributed by atoms with Gasteiger partial charge in [0.05, 0.1) is 29.9 Å². The summed E-state index contributed by atoms with van der Waals surface area (Å²) in [5.74, 6) is 0. The molecule has 7 nitrogen and oxygen atoms in total. The maximum atomic E-state index is 12.8. The molecule has 0 aromatic heterocycles. The summed E-state index contributed by atoms with van der Waals surface area (Å²) < 4.78 is 54.3. The van der Waals surface area contributed by atoms with Crippen molar-refractivity contribution < 1.29 is 16.8 Å². The van der Waals surface area contributed by atoms with E-state index < -0.39 is 20.0 Å². The molecule has 0 bridgehead atoms. The molecule has 1 saturated heterocycles. The summed E-state index contributed by atoms with van der Waals surface area (Å²) in [6, 6.07) is 8.30. The van der Waals surface area contributed by atoms with Gasteiger partial charge in [-0.3, -0.25) is 4.90 Å². The maximum absolute atomic E-state index is 12.8. The number of piperazine rings is 1. The summed E-state index contributed by atoms with van der Waals surface area (Å²) in [6.45, 7) is 2.09. The van der Waals surface area contributed by atoms with Gasteiger partial charge in [-0.05, 0) is 36.4 Å². The minimum atomic E-state index is -3.73. The zero-order valence-corrected chi connectivity index (χ0v) is 20.7. The van der Waals surface area contributed by atoms with Gasteiger partial charge < -0.3 is 0 Å². The lowest BCUT2D eigenvalue weighted by molar-refractivity contribution is 0.191. The molecule has 1 fully saturated rings. The normalized spacial score (nSPS) is 16.5. The SMILES string of the molecule is O=S(=O)(NCCN1CCN(S(=O)(=O)c2ccc(Cl)c(Cl)c2)CC1)c1ccc(Cl)c(Cl)c1. The van der Waals surface area contributed by atoms with Crippen molar-refractivity contribution in [2.75, 3.05) is 39.3 Å². The summed E-state index contributed by atoms with van der Waals surface area (Å²) in [4.78, 5) is 2.10. The van der Waals surface area contributed by atoms with E-state index in [1.807, 2.05) is 4.90 Å². The molecule has 31 heavy (non-hydrogen) atoms. The van der Waals surface area contributed by atoms with Crippen molar-refractivity contribution >= 4 is 66.5 Å². The smallest absolute Gasteiger partial charge is 0.243 e. The molecule has 0 saturated carbocycles. The van der Waals surface area contributed by atoms with Gasteiger partial charge in [-0.2, -0.15) is 4.31 Å². The fraction of sp³-hybridized carbons (Fsp3) is 0.333. The van der Waals surface area contributed by atoms with Gasteiger partial charge in [0, 0.05) is 39.3 Å². The average molecular weight is 547 g/mol. The monoisotopic (exact) mass is 545 g/mol. The van der Waals surface area contributed by atoms with Gasteiger partial charge in [-0.15, -0.1) is 0 Å². The first kappa shape index (κ1) is 25.0. The molecule has 0 unspecified atom stereocenters. The third kappa shape index (κ3) is 6.04. The molecule has 1 aliphatic heterocycles. The summed E-state index contributed by atoms with van der Waals surface area (Å²) in [5, 5.41) is 0.891. The van der Waals surface area contributed by atoms with E-state index in [0.717, 1.165) is 0 Å². The van der Waals surface area contributed by atoms with Crippen LogP contribution in [0.5, 0.6) is 0 Å². The first-order valence-corrected chi connectivity index (χ1v) is 13.6. The summed E-state index contributed by atoms with van der Waals surface area (Å²) in [6.07, 6.45) is 0. The number of sulfonamides is 2. The molecule has 0 aliphatic carbocycles. The molecule has 2 aromatic carbocycles. The Morgan fingerprint density at radius 3 is 1.81 bits per heavy atom. The van der Waals surface area contributed by atoms with Gasteiger partial charge in [0.15, 0.2) is 0 Å². The van der Waals surface area contributed by atoms with Crippen LogP contribution in [-0.4, -0.2) is 65.3 Å². The van der Waals surface area contributed by atoms with E-state index in [9.17, 15) is 16.8 Å². The van der Waals surface area contributed by atoms with E-state index in [2.05, 4.69) is 4.72 Å². The molecule has 2 aromatic rings. The first-order chi connectivity index (χ1) is 14.5. The van der Waals surface area contributed by atoms with Crippen LogP contribution >= 0.6 is 46.4 Å². The van der Waals surface area contributed by atoms with Crippen molar-refractivity contribution in [3.63, 3.8) is 0 Å². The van der Waals surface area contributed by atoms with Crippen LogP contribution in [0.25, 0.3) is 0 Å². The third-order valence-electron chi connectivity index (χ3n) is 4.78. The molecule has 1 heterocycles. The van der Waals surface area contributed by atoms with Crippen molar-refractivity contribution in [3.8, 4) is 0 Å². The zero-order valence-electron chi connectivity index (χ0n) is 16.1. The van der Waals surface area contributed by atoms with Crippen LogP contribution in [0.2, 0.25) is 20.1 Å². The molecule has 0 spiro atoms.